The first kappa shape index (κ1) is 23.6. The number of phenols is 2. The summed E-state index contributed by atoms with van der Waals surface area (Å²) in [4.78, 5) is 29.7. The van der Waals surface area contributed by atoms with Crippen molar-refractivity contribution >= 4 is 11.2 Å². The molecule has 2 aromatic heterocycles. The average Bonchev–Trinajstić information content (AvgIpc) is 3.14. The van der Waals surface area contributed by atoms with Gasteiger partial charge in [0.1, 0.15) is 5.82 Å². The molecule has 32 heavy (non-hydrogen) atoms. The highest BCUT2D eigenvalue weighted by molar-refractivity contribution is 5.71. The second-order valence-electron chi connectivity index (χ2n) is 7.98. The first-order chi connectivity index (χ1) is 15.3. The van der Waals surface area contributed by atoms with Crippen LogP contribution in [-0.2, 0) is 27.1 Å². The van der Waals surface area contributed by atoms with Crippen molar-refractivity contribution in [1.29, 1.82) is 0 Å². The summed E-state index contributed by atoms with van der Waals surface area (Å²) in [6, 6.07) is 4.22. The van der Waals surface area contributed by atoms with Gasteiger partial charge in [0.15, 0.2) is 22.7 Å². The van der Waals surface area contributed by atoms with Crippen LogP contribution in [0.1, 0.15) is 43.7 Å². The van der Waals surface area contributed by atoms with Crippen molar-refractivity contribution in [2.24, 2.45) is 14.1 Å². The molecule has 4 N–H and O–H groups in total. The highest BCUT2D eigenvalue weighted by Gasteiger charge is 2.18. The SMILES string of the molecule is CCCCc1nc2c(c(=O)n(C)c(=O)n2C)n1CCCNCC(O)c1ccc(O)c(O)c1. The van der Waals surface area contributed by atoms with Crippen LogP contribution in [0, 0.1) is 0 Å². The standard InChI is InChI=1S/C22H31N5O5/c1-4-5-7-18-24-20-19(21(31)26(3)22(32)25(20)2)27(18)11-6-10-23-13-17(30)14-8-9-15(28)16(29)12-14/h8-9,12,17,23,28-30H,4-7,10-11,13H2,1-3H3. The van der Waals surface area contributed by atoms with E-state index in [1.165, 1.54) is 23.7 Å². The third-order valence-electron chi connectivity index (χ3n) is 5.64. The van der Waals surface area contributed by atoms with Gasteiger partial charge in [0, 0.05) is 33.6 Å². The lowest BCUT2D eigenvalue weighted by Crippen LogP contribution is -2.37. The molecule has 0 saturated heterocycles. The zero-order valence-electron chi connectivity index (χ0n) is 18.7. The minimum atomic E-state index is -0.836. The number of unbranched alkanes of at least 4 members (excludes halogenated alkanes) is 1. The molecular weight excluding hydrogens is 414 g/mol. The summed E-state index contributed by atoms with van der Waals surface area (Å²) in [5.74, 6) is 0.285. The number of rotatable bonds is 10. The summed E-state index contributed by atoms with van der Waals surface area (Å²) in [5, 5.41) is 32.4. The topological polar surface area (TPSA) is 135 Å². The van der Waals surface area contributed by atoms with Crippen LogP contribution in [0.5, 0.6) is 11.5 Å². The van der Waals surface area contributed by atoms with Crippen molar-refractivity contribution < 1.29 is 15.3 Å². The maximum absolute atomic E-state index is 12.8. The summed E-state index contributed by atoms with van der Waals surface area (Å²) in [6.07, 6.45) is 2.49. The Hall–Kier alpha value is -3.11. The minimum Gasteiger partial charge on any atom is -0.504 e. The van der Waals surface area contributed by atoms with Gasteiger partial charge in [-0.1, -0.05) is 19.4 Å². The molecule has 0 fully saturated rings. The van der Waals surface area contributed by atoms with Crippen molar-refractivity contribution in [2.45, 2.75) is 45.3 Å². The van der Waals surface area contributed by atoms with Crippen molar-refractivity contribution in [2.75, 3.05) is 13.1 Å². The zero-order chi connectivity index (χ0) is 23.4. The van der Waals surface area contributed by atoms with Crippen molar-refractivity contribution in [3.05, 3.63) is 50.4 Å². The van der Waals surface area contributed by atoms with Crippen molar-refractivity contribution in [3.63, 3.8) is 0 Å². The Morgan fingerprint density at radius 2 is 1.84 bits per heavy atom. The Labute approximate surface area is 185 Å². The number of imidazole rings is 1. The monoisotopic (exact) mass is 445 g/mol. The summed E-state index contributed by atoms with van der Waals surface area (Å²) < 4.78 is 4.42. The number of aliphatic hydroxyl groups is 1. The van der Waals surface area contributed by atoms with E-state index < -0.39 is 11.8 Å². The third-order valence-corrected chi connectivity index (χ3v) is 5.64. The van der Waals surface area contributed by atoms with Gasteiger partial charge in [0.05, 0.1) is 6.10 Å². The Bertz CT molecular complexity index is 1210. The fourth-order valence-corrected chi connectivity index (χ4v) is 3.72. The molecule has 1 unspecified atom stereocenters. The molecule has 10 nitrogen and oxygen atoms in total. The number of nitrogens with one attached hydrogen (secondary N) is 1. The summed E-state index contributed by atoms with van der Waals surface area (Å²) in [5.41, 5.74) is 0.582. The fourth-order valence-electron chi connectivity index (χ4n) is 3.72. The van der Waals surface area contributed by atoms with Crippen molar-refractivity contribution in [3.8, 4) is 11.5 Å². The molecule has 0 spiro atoms. The first-order valence-corrected chi connectivity index (χ1v) is 10.8. The Balaban J connectivity index is 1.70. The Morgan fingerprint density at radius 3 is 2.53 bits per heavy atom. The number of hydrogen-bond acceptors (Lipinski definition) is 7. The van der Waals surface area contributed by atoms with E-state index >= 15 is 0 Å². The number of nitrogens with zero attached hydrogens (tertiary/aromatic N) is 4. The van der Waals surface area contributed by atoms with Gasteiger partial charge >= 0.3 is 5.69 Å². The number of phenolic OH excluding ortho intramolecular Hbond substituents is 2. The third kappa shape index (κ3) is 4.71. The van der Waals surface area contributed by atoms with E-state index in [2.05, 4.69) is 17.2 Å². The molecule has 0 bridgehead atoms. The summed E-state index contributed by atoms with van der Waals surface area (Å²) in [7, 11) is 3.09. The van der Waals surface area contributed by atoms with Gasteiger partial charge in [-0.3, -0.25) is 13.9 Å². The van der Waals surface area contributed by atoms with Crippen LogP contribution in [-0.4, -0.2) is 47.1 Å². The van der Waals surface area contributed by atoms with E-state index in [-0.39, 0.29) is 23.6 Å². The van der Waals surface area contributed by atoms with Crippen LogP contribution in [0.2, 0.25) is 0 Å². The largest absolute Gasteiger partial charge is 0.504 e. The van der Waals surface area contributed by atoms with E-state index in [1.807, 2.05) is 4.57 Å². The molecule has 3 rings (SSSR count). The molecule has 1 atom stereocenters. The Kier molecular flexibility index (Phi) is 7.37. The van der Waals surface area contributed by atoms with Gasteiger partial charge < -0.3 is 25.2 Å². The number of fused-ring (bicyclic) bond motifs is 1. The van der Waals surface area contributed by atoms with Crippen LogP contribution < -0.4 is 16.6 Å². The molecule has 10 heteroatoms. The lowest BCUT2D eigenvalue weighted by atomic mass is 10.1. The smallest absolute Gasteiger partial charge is 0.332 e. The Morgan fingerprint density at radius 1 is 1.09 bits per heavy atom. The van der Waals surface area contributed by atoms with Gasteiger partial charge in [0.2, 0.25) is 0 Å². The van der Waals surface area contributed by atoms with E-state index in [0.717, 1.165) is 29.7 Å². The van der Waals surface area contributed by atoms with Crippen LogP contribution in [0.15, 0.2) is 27.8 Å². The zero-order valence-corrected chi connectivity index (χ0v) is 18.7. The molecule has 174 valence electrons. The first-order valence-electron chi connectivity index (χ1n) is 10.8. The molecule has 1 aromatic carbocycles. The van der Waals surface area contributed by atoms with Crippen LogP contribution in [0.4, 0.5) is 0 Å². The number of hydrogen-bond donors (Lipinski definition) is 4. The van der Waals surface area contributed by atoms with Crippen molar-refractivity contribution in [1.82, 2.24) is 24.0 Å². The number of benzene rings is 1. The number of aliphatic hydroxyl groups excluding tert-OH is 1. The molecule has 0 amide bonds. The molecule has 0 aliphatic carbocycles. The van der Waals surface area contributed by atoms with Crippen LogP contribution in [0.3, 0.4) is 0 Å². The fraction of sp³-hybridized carbons (Fsp3) is 0.500. The molecular formula is C22H31N5O5. The highest BCUT2D eigenvalue weighted by atomic mass is 16.3. The maximum atomic E-state index is 12.8. The lowest BCUT2D eigenvalue weighted by molar-refractivity contribution is 0.174. The van der Waals surface area contributed by atoms with E-state index in [0.29, 0.717) is 36.2 Å². The molecule has 0 aliphatic heterocycles. The van der Waals surface area contributed by atoms with E-state index in [9.17, 15) is 24.9 Å². The molecule has 0 aliphatic rings. The predicted molar refractivity (Wildman–Crippen MR) is 121 cm³/mol. The summed E-state index contributed by atoms with van der Waals surface area (Å²) >= 11 is 0. The van der Waals surface area contributed by atoms with Gasteiger partial charge in [-0.25, -0.2) is 9.78 Å². The van der Waals surface area contributed by atoms with Gasteiger partial charge in [0.25, 0.3) is 5.56 Å². The van der Waals surface area contributed by atoms with Gasteiger partial charge in [-0.15, -0.1) is 0 Å². The maximum Gasteiger partial charge on any atom is 0.332 e. The number of aromatic hydroxyl groups is 2. The van der Waals surface area contributed by atoms with Crippen LogP contribution in [0.25, 0.3) is 11.2 Å². The summed E-state index contributed by atoms with van der Waals surface area (Å²) in [6.45, 7) is 3.49. The highest BCUT2D eigenvalue weighted by Crippen LogP contribution is 2.27. The quantitative estimate of drug-likeness (QED) is 0.269. The normalized spacial score (nSPS) is 12.5. The van der Waals surface area contributed by atoms with E-state index in [1.54, 1.807) is 13.1 Å². The van der Waals surface area contributed by atoms with Crippen LogP contribution >= 0.6 is 0 Å². The van der Waals surface area contributed by atoms with E-state index in [4.69, 9.17) is 0 Å². The molecule has 3 aromatic rings. The molecule has 2 heterocycles. The lowest BCUT2D eigenvalue weighted by Gasteiger charge is -2.14. The second kappa shape index (κ2) is 10.0. The van der Waals surface area contributed by atoms with Gasteiger partial charge in [-0.05, 0) is 37.1 Å². The molecule has 0 radical (unpaired) electrons. The van der Waals surface area contributed by atoms with Gasteiger partial charge in [-0.2, -0.15) is 0 Å². The molecule has 0 saturated carbocycles. The predicted octanol–water partition coefficient (Wildman–Crippen LogP) is 0.901. The second-order valence-corrected chi connectivity index (χ2v) is 7.98. The average molecular weight is 446 g/mol. The number of aromatic nitrogens is 4. The number of aryl methyl sites for hydroxylation is 3. The minimum absolute atomic E-state index is 0.232.